The van der Waals surface area contributed by atoms with Gasteiger partial charge in [0.15, 0.2) is 0 Å². The normalized spacial score (nSPS) is 20.5. The minimum atomic E-state index is -1.06. The van der Waals surface area contributed by atoms with Crippen molar-refractivity contribution in [2.75, 3.05) is 29.4 Å². The van der Waals surface area contributed by atoms with Crippen molar-refractivity contribution in [2.24, 2.45) is 5.73 Å². The number of nitrogens with zero attached hydrogens (tertiary/aromatic N) is 3. The summed E-state index contributed by atoms with van der Waals surface area (Å²) in [7, 11) is 0. The highest BCUT2D eigenvalue weighted by Crippen LogP contribution is 2.39. The maximum Gasteiger partial charge on any atom is 0.411 e. The summed E-state index contributed by atoms with van der Waals surface area (Å²) < 4.78 is 0. The third-order valence-electron chi connectivity index (χ3n) is 5.96. The van der Waals surface area contributed by atoms with Crippen LogP contribution in [0.2, 0.25) is 0 Å². The zero-order valence-corrected chi connectivity index (χ0v) is 17.6. The number of amides is 3. The average molecular weight is 422 g/mol. The topological polar surface area (TPSA) is 107 Å². The van der Waals surface area contributed by atoms with Crippen LogP contribution in [0.25, 0.3) is 11.1 Å². The fourth-order valence-corrected chi connectivity index (χ4v) is 4.43. The van der Waals surface area contributed by atoms with Crippen molar-refractivity contribution >= 4 is 29.3 Å². The van der Waals surface area contributed by atoms with Crippen LogP contribution < -0.4 is 15.5 Å². The molecule has 2 aromatic rings. The molecule has 3 N–H and O–H groups in total. The Kier molecular flexibility index (Phi) is 5.41. The van der Waals surface area contributed by atoms with E-state index in [9.17, 15) is 19.5 Å². The Morgan fingerprint density at radius 3 is 2.26 bits per heavy atom. The van der Waals surface area contributed by atoms with Gasteiger partial charge in [-0.3, -0.25) is 14.5 Å². The van der Waals surface area contributed by atoms with Gasteiger partial charge >= 0.3 is 6.09 Å². The molecule has 0 saturated carbocycles. The predicted molar refractivity (Wildman–Crippen MR) is 118 cm³/mol. The summed E-state index contributed by atoms with van der Waals surface area (Å²) >= 11 is 0. The van der Waals surface area contributed by atoms with E-state index in [4.69, 9.17) is 5.73 Å². The van der Waals surface area contributed by atoms with E-state index in [1.807, 2.05) is 25.1 Å². The number of benzene rings is 2. The van der Waals surface area contributed by atoms with Gasteiger partial charge in [-0.2, -0.15) is 0 Å². The van der Waals surface area contributed by atoms with Gasteiger partial charge in [0.25, 0.3) is 5.91 Å². The van der Waals surface area contributed by atoms with Crippen LogP contribution >= 0.6 is 0 Å². The van der Waals surface area contributed by atoms with Crippen LogP contribution in [0, 0.1) is 0 Å². The zero-order valence-electron chi connectivity index (χ0n) is 17.6. The third-order valence-corrected chi connectivity index (χ3v) is 5.96. The predicted octanol–water partition coefficient (Wildman–Crippen LogP) is 2.77. The van der Waals surface area contributed by atoms with Gasteiger partial charge < -0.3 is 20.6 Å². The molecule has 2 aromatic carbocycles. The second-order valence-corrected chi connectivity index (χ2v) is 8.21. The Labute approximate surface area is 180 Å². The summed E-state index contributed by atoms with van der Waals surface area (Å²) in [6, 6.07) is 12.5. The fraction of sp³-hybridized carbons (Fsp3) is 0.348. The molecule has 2 aliphatic heterocycles. The van der Waals surface area contributed by atoms with E-state index in [1.165, 1.54) is 11.8 Å². The molecule has 1 fully saturated rings. The first-order valence-electron chi connectivity index (χ1n) is 10.4. The molecule has 2 atom stereocenters. The van der Waals surface area contributed by atoms with E-state index in [1.54, 1.807) is 34.1 Å². The van der Waals surface area contributed by atoms with E-state index in [-0.39, 0.29) is 30.4 Å². The van der Waals surface area contributed by atoms with Crippen molar-refractivity contribution < 1.29 is 19.5 Å². The molecule has 31 heavy (non-hydrogen) atoms. The SMILES string of the molecule is CC(=O)N1c2ccc(-c3ccc(C(=O)N4CC[C@@H](N)C4)cc3)cc2N(C(=O)O)C[C@@H]1C. The molecule has 3 amide bonds. The number of carbonyl (C=O) groups is 3. The van der Waals surface area contributed by atoms with Crippen LogP contribution in [0.4, 0.5) is 16.2 Å². The quantitative estimate of drug-likeness (QED) is 0.774. The molecule has 0 unspecified atom stereocenters. The number of carboxylic acid groups (broad SMARTS) is 1. The van der Waals surface area contributed by atoms with E-state index in [2.05, 4.69) is 0 Å². The number of rotatable bonds is 2. The largest absolute Gasteiger partial charge is 0.465 e. The zero-order chi connectivity index (χ0) is 22.3. The smallest absolute Gasteiger partial charge is 0.411 e. The highest BCUT2D eigenvalue weighted by atomic mass is 16.4. The summed E-state index contributed by atoms with van der Waals surface area (Å²) in [6.45, 7) is 4.76. The van der Waals surface area contributed by atoms with Gasteiger partial charge in [-0.25, -0.2) is 4.79 Å². The number of carbonyl (C=O) groups excluding carboxylic acids is 2. The lowest BCUT2D eigenvalue weighted by Gasteiger charge is -2.39. The van der Waals surface area contributed by atoms with E-state index >= 15 is 0 Å². The molecule has 2 heterocycles. The molecule has 4 rings (SSSR count). The number of likely N-dealkylation sites (tertiary alicyclic amines) is 1. The summed E-state index contributed by atoms with van der Waals surface area (Å²) in [5.41, 5.74) is 9.22. The number of fused-ring (bicyclic) bond motifs is 1. The Morgan fingerprint density at radius 1 is 1.00 bits per heavy atom. The van der Waals surface area contributed by atoms with E-state index in [0.717, 1.165) is 17.5 Å². The van der Waals surface area contributed by atoms with Gasteiger partial charge in [0, 0.05) is 38.2 Å². The standard InChI is InChI=1S/C23H26N4O4/c1-14-12-26(23(30)31)21-11-18(7-8-20(21)27(14)15(2)28)16-3-5-17(6-4-16)22(29)25-10-9-19(24)13-25/h3-8,11,14,19H,9-10,12-13,24H2,1-2H3,(H,30,31)/t14-,19+/m0/s1. The van der Waals surface area contributed by atoms with Gasteiger partial charge in [0.1, 0.15) is 0 Å². The molecule has 0 aromatic heterocycles. The summed E-state index contributed by atoms with van der Waals surface area (Å²) in [6.07, 6.45) is -0.243. The Hall–Kier alpha value is -3.39. The molecule has 1 saturated heterocycles. The average Bonchev–Trinajstić information content (AvgIpc) is 3.18. The van der Waals surface area contributed by atoms with Crippen molar-refractivity contribution in [2.45, 2.75) is 32.4 Å². The van der Waals surface area contributed by atoms with Crippen molar-refractivity contribution in [1.82, 2.24) is 4.90 Å². The van der Waals surface area contributed by atoms with Crippen LogP contribution in [-0.4, -0.2) is 59.6 Å². The second kappa shape index (κ2) is 8.03. The molecule has 0 spiro atoms. The first kappa shape index (κ1) is 20.9. The third kappa shape index (κ3) is 3.86. The van der Waals surface area contributed by atoms with Crippen LogP contribution in [0.15, 0.2) is 42.5 Å². The lowest BCUT2D eigenvalue weighted by molar-refractivity contribution is -0.117. The van der Waals surface area contributed by atoms with Gasteiger partial charge in [0.05, 0.1) is 17.4 Å². The second-order valence-electron chi connectivity index (χ2n) is 8.21. The molecule has 0 aliphatic carbocycles. The number of hydrogen-bond donors (Lipinski definition) is 2. The number of hydrogen-bond acceptors (Lipinski definition) is 4. The van der Waals surface area contributed by atoms with Crippen molar-refractivity contribution in [3.63, 3.8) is 0 Å². The first-order chi connectivity index (χ1) is 14.8. The molecule has 2 aliphatic rings. The van der Waals surface area contributed by atoms with Crippen LogP contribution in [0.5, 0.6) is 0 Å². The van der Waals surface area contributed by atoms with Crippen molar-refractivity contribution in [3.8, 4) is 11.1 Å². The maximum absolute atomic E-state index is 12.6. The first-order valence-corrected chi connectivity index (χ1v) is 10.4. The lowest BCUT2D eigenvalue weighted by Crippen LogP contribution is -2.51. The molecular weight excluding hydrogens is 396 g/mol. The Balaban J connectivity index is 1.65. The molecule has 162 valence electrons. The molecule has 8 nitrogen and oxygen atoms in total. The van der Waals surface area contributed by atoms with E-state index in [0.29, 0.717) is 30.0 Å². The van der Waals surface area contributed by atoms with Gasteiger partial charge in [-0.15, -0.1) is 0 Å². The van der Waals surface area contributed by atoms with Crippen molar-refractivity contribution in [1.29, 1.82) is 0 Å². The van der Waals surface area contributed by atoms with Crippen LogP contribution in [-0.2, 0) is 4.79 Å². The highest BCUT2D eigenvalue weighted by molar-refractivity contribution is 6.03. The van der Waals surface area contributed by atoms with Gasteiger partial charge in [-0.1, -0.05) is 18.2 Å². The monoisotopic (exact) mass is 422 g/mol. The molecule has 8 heteroatoms. The number of anilines is 2. The molecular formula is C23H26N4O4. The van der Waals surface area contributed by atoms with Crippen LogP contribution in [0.3, 0.4) is 0 Å². The van der Waals surface area contributed by atoms with Gasteiger partial charge in [0.2, 0.25) is 5.91 Å². The Bertz CT molecular complexity index is 1040. The summed E-state index contributed by atoms with van der Waals surface area (Å²) in [5, 5.41) is 9.68. The minimum Gasteiger partial charge on any atom is -0.465 e. The maximum atomic E-state index is 12.6. The molecule has 0 radical (unpaired) electrons. The minimum absolute atomic E-state index is 0.0342. The van der Waals surface area contributed by atoms with Crippen molar-refractivity contribution in [3.05, 3.63) is 48.0 Å². The lowest BCUT2D eigenvalue weighted by atomic mass is 9.99. The van der Waals surface area contributed by atoms with Gasteiger partial charge in [-0.05, 0) is 48.7 Å². The summed E-state index contributed by atoms with van der Waals surface area (Å²) in [5.74, 6) is -0.163. The fourth-order valence-electron chi connectivity index (χ4n) is 4.43. The number of nitrogens with two attached hydrogens (primary N) is 1. The Morgan fingerprint density at radius 2 is 1.68 bits per heavy atom. The summed E-state index contributed by atoms with van der Waals surface area (Å²) in [4.78, 5) is 41.3. The van der Waals surface area contributed by atoms with E-state index < -0.39 is 6.09 Å². The van der Waals surface area contributed by atoms with Crippen LogP contribution in [0.1, 0.15) is 30.6 Å². The molecule has 0 bridgehead atoms. The highest BCUT2D eigenvalue weighted by Gasteiger charge is 2.33.